The average molecular weight is 291 g/mol. The monoisotopic (exact) mass is 291 g/mol. The number of nitrogens with one attached hydrogen (secondary N) is 1. The van der Waals surface area contributed by atoms with Crippen LogP contribution < -0.4 is 14.8 Å². The second-order valence-corrected chi connectivity index (χ2v) is 5.25. The number of amides is 1. The number of carbonyl (C=O) groups excluding carboxylic acids is 1. The Balaban J connectivity index is 2.07. The summed E-state index contributed by atoms with van der Waals surface area (Å²) in [6.07, 6.45) is 0. The molecular weight excluding hydrogens is 274 g/mol. The molecule has 0 unspecified atom stereocenters. The average Bonchev–Trinajstić information content (AvgIpc) is 2.90. The number of carbonyl (C=O) groups is 1. The summed E-state index contributed by atoms with van der Waals surface area (Å²) in [7, 11) is 3.21. The van der Waals surface area contributed by atoms with E-state index in [9.17, 15) is 4.79 Å². The second-order valence-electron chi connectivity index (χ2n) is 4.34. The van der Waals surface area contributed by atoms with E-state index < -0.39 is 0 Å². The van der Waals surface area contributed by atoms with E-state index in [-0.39, 0.29) is 5.91 Å². The molecule has 2 aromatic rings. The molecule has 0 atom stereocenters. The van der Waals surface area contributed by atoms with Crippen LogP contribution in [-0.2, 0) is 6.54 Å². The van der Waals surface area contributed by atoms with Crippen LogP contribution in [0.2, 0.25) is 0 Å². The van der Waals surface area contributed by atoms with E-state index in [1.165, 1.54) is 11.3 Å². The minimum absolute atomic E-state index is 0.0562. The molecule has 0 aliphatic heterocycles. The van der Waals surface area contributed by atoms with E-state index in [0.717, 1.165) is 16.0 Å². The number of benzene rings is 1. The van der Waals surface area contributed by atoms with Gasteiger partial charge in [-0.25, -0.2) is 0 Å². The van der Waals surface area contributed by atoms with Crippen molar-refractivity contribution >= 4 is 17.2 Å². The predicted molar refractivity (Wildman–Crippen MR) is 79.8 cm³/mol. The molecule has 1 N–H and O–H groups in total. The van der Waals surface area contributed by atoms with Crippen molar-refractivity contribution in [2.45, 2.75) is 13.5 Å². The Bertz CT molecular complexity index is 585. The van der Waals surface area contributed by atoms with Gasteiger partial charge >= 0.3 is 0 Å². The van der Waals surface area contributed by atoms with E-state index in [1.807, 2.05) is 30.5 Å². The fourth-order valence-corrected chi connectivity index (χ4v) is 2.68. The van der Waals surface area contributed by atoms with Crippen LogP contribution in [0.3, 0.4) is 0 Å². The zero-order valence-electron chi connectivity index (χ0n) is 11.7. The predicted octanol–water partition coefficient (Wildman–Crippen LogP) is 3.00. The van der Waals surface area contributed by atoms with Gasteiger partial charge in [-0.2, -0.15) is 0 Å². The van der Waals surface area contributed by atoms with Crippen LogP contribution in [0.5, 0.6) is 11.5 Å². The van der Waals surface area contributed by atoms with Gasteiger partial charge in [0.2, 0.25) is 0 Å². The normalized spacial score (nSPS) is 10.2. The van der Waals surface area contributed by atoms with Crippen LogP contribution in [0.25, 0.3) is 0 Å². The summed E-state index contributed by atoms with van der Waals surface area (Å²) in [5, 5.41) is 4.82. The fraction of sp³-hybridized carbons (Fsp3) is 0.267. The first kappa shape index (κ1) is 14.4. The zero-order chi connectivity index (χ0) is 14.5. The van der Waals surface area contributed by atoms with Gasteiger partial charge in [-0.05, 0) is 41.6 Å². The molecule has 106 valence electrons. The van der Waals surface area contributed by atoms with Gasteiger partial charge in [-0.15, -0.1) is 11.3 Å². The molecular formula is C15H17NO3S. The first-order valence-corrected chi connectivity index (χ1v) is 7.06. The lowest BCUT2D eigenvalue weighted by Crippen LogP contribution is -2.22. The van der Waals surface area contributed by atoms with Gasteiger partial charge in [-0.3, -0.25) is 4.79 Å². The molecule has 20 heavy (non-hydrogen) atoms. The molecule has 0 bridgehead atoms. The number of thiophene rings is 1. The van der Waals surface area contributed by atoms with Crippen LogP contribution in [-0.4, -0.2) is 20.1 Å². The molecule has 0 aliphatic carbocycles. The molecule has 1 aromatic carbocycles. The third-order valence-electron chi connectivity index (χ3n) is 2.93. The maximum absolute atomic E-state index is 12.0. The maximum Gasteiger partial charge on any atom is 0.261 e. The molecule has 4 nitrogen and oxygen atoms in total. The van der Waals surface area contributed by atoms with Crippen LogP contribution in [0.15, 0.2) is 29.6 Å². The summed E-state index contributed by atoms with van der Waals surface area (Å²) in [6.45, 7) is 2.36. The van der Waals surface area contributed by atoms with Crippen molar-refractivity contribution < 1.29 is 14.3 Å². The number of ether oxygens (including phenoxy) is 2. The van der Waals surface area contributed by atoms with Crippen molar-refractivity contribution in [3.8, 4) is 11.5 Å². The molecule has 0 aliphatic rings. The number of hydrogen-bond donors (Lipinski definition) is 1. The highest BCUT2D eigenvalue weighted by molar-refractivity contribution is 7.12. The fourth-order valence-electron chi connectivity index (χ4n) is 1.84. The molecule has 0 radical (unpaired) electrons. The Kier molecular flexibility index (Phi) is 4.63. The highest BCUT2D eigenvalue weighted by atomic mass is 32.1. The van der Waals surface area contributed by atoms with Crippen molar-refractivity contribution in [2.24, 2.45) is 0 Å². The van der Waals surface area contributed by atoms with Gasteiger partial charge in [0.25, 0.3) is 5.91 Å². The second kappa shape index (κ2) is 6.43. The maximum atomic E-state index is 12.0. The lowest BCUT2D eigenvalue weighted by molar-refractivity contribution is 0.0954. The molecule has 0 saturated heterocycles. The van der Waals surface area contributed by atoms with Gasteiger partial charge in [0.1, 0.15) is 11.5 Å². The summed E-state index contributed by atoms with van der Waals surface area (Å²) < 4.78 is 10.4. The molecule has 0 saturated carbocycles. The molecule has 5 heteroatoms. The van der Waals surface area contributed by atoms with Gasteiger partial charge in [-0.1, -0.05) is 0 Å². The Morgan fingerprint density at radius 1 is 1.20 bits per heavy atom. The third-order valence-corrected chi connectivity index (χ3v) is 3.95. The highest BCUT2D eigenvalue weighted by Gasteiger charge is 2.10. The van der Waals surface area contributed by atoms with Crippen LogP contribution >= 0.6 is 11.3 Å². The Hall–Kier alpha value is -2.01. The lowest BCUT2D eigenvalue weighted by Gasteiger charge is -2.09. The van der Waals surface area contributed by atoms with E-state index >= 15 is 0 Å². The lowest BCUT2D eigenvalue weighted by atomic mass is 10.2. The highest BCUT2D eigenvalue weighted by Crippen LogP contribution is 2.22. The van der Waals surface area contributed by atoms with Crippen molar-refractivity contribution in [3.05, 3.63) is 45.6 Å². The number of aryl methyl sites for hydroxylation is 1. The van der Waals surface area contributed by atoms with E-state index in [2.05, 4.69) is 5.32 Å². The quantitative estimate of drug-likeness (QED) is 0.921. The van der Waals surface area contributed by atoms with Crippen molar-refractivity contribution in [1.29, 1.82) is 0 Å². The summed E-state index contributed by atoms with van der Waals surface area (Å²) in [6, 6.07) is 7.50. The van der Waals surface area contributed by atoms with E-state index in [1.54, 1.807) is 20.3 Å². The standard InChI is InChI=1S/C15H17NO3S/c1-10-4-5-20-14(10)15(17)16-9-11-6-12(18-2)8-13(7-11)19-3/h4-8H,9H2,1-3H3,(H,16,17). The van der Waals surface area contributed by atoms with Gasteiger partial charge < -0.3 is 14.8 Å². The minimum Gasteiger partial charge on any atom is -0.497 e. The summed E-state index contributed by atoms with van der Waals surface area (Å²) in [5.74, 6) is 1.36. The number of hydrogen-bond acceptors (Lipinski definition) is 4. The van der Waals surface area contributed by atoms with Crippen molar-refractivity contribution in [3.63, 3.8) is 0 Å². The van der Waals surface area contributed by atoms with Crippen molar-refractivity contribution in [1.82, 2.24) is 5.32 Å². The Labute approximate surface area is 122 Å². The molecule has 1 aromatic heterocycles. The number of methoxy groups -OCH3 is 2. The van der Waals surface area contributed by atoms with E-state index in [4.69, 9.17) is 9.47 Å². The topological polar surface area (TPSA) is 47.6 Å². The van der Waals surface area contributed by atoms with Crippen molar-refractivity contribution in [2.75, 3.05) is 14.2 Å². The molecule has 2 rings (SSSR count). The Morgan fingerprint density at radius 2 is 1.85 bits per heavy atom. The van der Waals surface area contributed by atoms with Gasteiger partial charge in [0.15, 0.2) is 0 Å². The first-order chi connectivity index (χ1) is 9.63. The van der Waals surface area contributed by atoms with E-state index in [0.29, 0.717) is 18.0 Å². The summed E-state index contributed by atoms with van der Waals surface area (Å²) >= 11 is 1.45. The van der Waals surface area contributed by atoms with Crippen LogP contribution in [0.1, 0.15) is 20.8 Å². The molecule has 1 heterocycles. The molecule has 0 fully saturated rings. The molecule has 1 amide bonds. The SMILES string of the molecule is COc1cc(CNC(=O)c2sccc2C)cc(OC)c1. The van der Waals surface area contributed by atoms with Crippen LogP contribution in [0.4, 0.5) is 0 Å². The summed E-state index contributed by atoms with van der Waals surface area (Å²) in [5.41, 5.74) is 1.93. The van der Waals surface area contributed by atoms with Crippen LogP contribution in [0, 0.1) is 6.92 Å². The largest absolute Gasteiger partial charge is 0.497 e. The number of rotatable bonds is 5. The molecule has 0 spiro atoms. The summed E-state index contributed by atoms with van der Waals surface area (Å²) in [4.78, 5) is 12.8. The third kappa shape index (κ3) is 3.30. The van der Waals surface area contributed by atoms with Gasteiger partial charge in [0.05, 0.1) is 19.1 Å². The zero-order valence-corrected chi connectivity index (χ0v) is 12.5. The van der Waals surface area contributed by atoms with Gasteiger partial charge in [0, 0.05) is 12.6 Å². The first-order valence-electron chi connectivity index (χ1n) is 6.18. The minimum atomic E-state index is -0.0562. The Morgan fingerprint density at radius 3 is 2.35 bits per heavy atom. The smallest absolute Gasteiger partial charge is 0.261 e.